The minimum atomic E-state index is -3.12. The van der Waals surface area contributed by atoms with E-state index in [9.17, 15) is 13.2 Å². The number of para-hydroxylation sites is 2. The molecule has 1 saturated heterocycles. The average molecular weight is 393 g/mol. The summed E-state index contributed by atoms with van der Waals surface area (Å²) in [5, 5.41) is 0. The molecule has 27 heavy (non-hydrogen) atoms. The molecule has 1 amide bonds. The second kappa shape index (κ2) is 8.04. The fourth-order valence-electron chi connectivity index (χ4n) is 3.14. The fraction of sp³-hybridized carbons (Fsp3) is 0.421. The maximum absolute atomic E-state index is 12.8. The molecule has 146 valence electrons. The monoisotopic (exact) mass is 393 g/mol. The highest BCUT2D eigenvalue weighted by Gasteiger charge is 2.35. The topological polar surface area (TPSA) is 86.1 Å². The Labute approximate surface area is 158 Å². The molecular formula is C19H23NO6S. The summed E-state index contributed by atoms with van der Waals surface area (Å²) in [6.45, 7) is 1.82. The van der Waals surface area contributed by atoms with E-state index in [4.69, 9.17) is 13.9 Å². The van der Waals surface area contributed by atoms with E-state index in [0.717, 1.165) is 5.76 Å². The second-order valence-corrected chi connectivity index (χ2v) is 8.76. The molecule has 1 aliphatic heterocycles. The molecule has 0 N–H and O–H groups in total. The summed E-state index contributed by atoms with van der Waals surface area (Å²) >= 11 is 0. The van der Waals surface area contributed by atoms with Crippen LogP contribution in [0, 0.1) is 6.92 Å². The van der Waals surface area contributed by atoms with Crippen molar-refractivity contribution in [1.29, 1.82) is 0 Å². The number of amides is 1. The zero-order chi connectivity index (χ0) is 19.4. The maximum Gasteiger partial charge on any atom is 0.261 e. The standard InChI is InChI=1S/C19H23NO6S/c1-14-7-8-16(26-14)11-20(15-9-10-27(22,23)13-15)19(21)12-25-18-6-4-3-5-17(18)24-2/h3-8,15H,9-13H2,1-2H3/t15-/m0/s1. The van der Waals surface area contributed by atoms with Crippen molar-refractivity contribution in [2.75, 3.05) is 25.2 Å². The summed E-state index contributed by atoms with van der Waals surface area (Å²) in [5.41, 5.74) is 0. The molecule has 0 saturated carbocycles. The quantitative estimate of drug-likeness (QED) is 0.717. The zero-order valence-corrected chi connectivity index (χ0v) is 16.2. The Morgan fingerprint density at radius 2 is 1.96 bits per heavy atom. The number of ether oxygens (including phenoxy) is 2. The smallest absolute Gasteiger partial charge is 0.261 e. The third-order valence-electron chi connectivity index (χ3n) is 4.51. The number of sulfone groups is 1. The lowest BCUT2D eigenvalue weighted by Gasteiger charge is -2.27. The summed E-state index contributed by atoms with van der Waals surface area (Å²) in [6.07, 6.45) is 0.419. The number of methoxy groups -OCH3 is 1. The van der Waals surface area contributed by atoms with Gasteiger partial charge in [0, 0.05) is 6.04 Å². The van der Waals surface area contributed by atoms with Gasteiger partial charge in [-0.3, -0.25) is 4.79 Å². The van der Waals surface area contributed by atoms with E-state index in [1.165, 1.54) is 12.0 Å². The van der Waals surface area contributed by atoms with Crippen LogP contribution in [0.1, 0.15) is 17.9 Å². The van der Waals surface area contributed by atoms with Gasteiger partial charge in [-0.15, -0.1) is 0 Å². The Bertz CT molecular complexity index is 904. The van der Waals surface area contributed by atoms with Crippen LogP contribution in [-0.4, -0.2) is 50.5 Å². The Kier molecular flexibility index (Phi) is 5.74. The third kappa shape index (κ3) is 4.82. The van der Waals surface area contributed by atoms with Crippen molar-refractivity contribution < 1.29 is 27.1 Å². The molecule has 0 unspecified atom stereocenters. The van der Waals surface area contributed by atoms with Gasteiger partial charge in [0.25, 0.3) is 5.91 Å². The van der Waals surface area contributed by atoms with Gasteiger partial charge in [0.1, 0.15) is 11.5 Å². The number of aryl methyl sites for hydroxylation is 1. The predicted molar refractivity (Wildman–Crippen MR) is 99.5 cm³/mol. The maximum atomic E-state index is 12.8. The number of carbonyl (C=O) groups is 1. The SMILES string of the molecule is COc1ccccc1OCC(=O)N(Cc1ccc(C)o1)[C@H]1CCS(=O)(=O)C1. The van der Waals surface area contributed by atoms with Crippen LogP contribution in [0.2, 0.25) is 0 Å². The van der Waals surface area contributed by atoms with Crippen LogP contribution in [0.25, 0.3) is 0 Å². The first kappa shape index (κ1) is 19.3. The van der Waals surface area contributed by atoms with Crippen molar-refractivity contribution in [3.8, 4) is 11.5 Å². The van der Waals surface area contributed by atoms with Crippen LogP contribution in [0.15, 0.2) is 40.8 Å². The van der Waals surface area contributed by atoms with Crippen LogP contribution in [0.5, 0.6) is 11.5 Å². The van der Waals surface area contributed by atoms with Gasteiger partial charge in [-0.1, -0.05) is 12.1 Å². The molecule has 2 heterocycles. The lowest BCUT2D eigenvalue weighted by Crippen LogP contribution is -2.43. The Hall–Kier alpha value is -2.48. The summed E-state index contributed by atoms with van der Waals surface area (Å²) in [7, 11) is -1.60. The fourth-order valence-corrected chi connectivity index (χ4v) is 4.87. The molecule has 2 aromatic rings. The number of hydrogen-bond donors (Lipinski definition) is 0. The largest absolute Gasteiger partial charge is 0.493 e. The molecule has 1 aliphatic rings. The molecular weight excluding hydrogens is 370 g/mol. The number of nitrogens with zero attached hydrogens (tertiary/aromatic N) is 1. The first-order valence-electron chi connectivity index (χ1n) is 8.69. The van der Waals surface area contributed by atoms with Gasteiger partial charge in [-0.25, -0.2) is 8.42 Å². The third-order valence-corrected chi connectivity index (χ3v) is 6.26. The van der Waals surface area contributed by atoms with E-state index in [1.807, 2.05) is 19.1 Å². The van der Waals surface area contributed by atoms with Gasteiger partial charge in [0.2, 0.25) is 0 Å². The Morgan fingerprint density at radius 3 is 2.56 bits per heavy atom. The van der Waals surface area contributed by atoms with E-state index >= 15 is 0 Å². The normalized spacial score (nSPS) is 18.2. The van der Waals surface area contributed by atoms with E-state index < -0.39 is 9.84 Å². The number of hydrogen-bond acceptors (Lipinski definition) is 6. The summed E-state index contributed by atoms with van der Waals surface area (Å²) in [6, 6.07) is 10.3. The predicted octanol–water partition coefficient (Wildman–Crippen LogP) is 2.19. The van der Waals surface area contributed by atoms with E-state index in [0.29, 0.717) is 23.7 Å². The molecule has 0 spiro atoms. The molecule has 1 atom stereocenters. The highest BCUT2D eigenvalue weighted by Crippen LogP contribution is 2.26. The molecule has 1 aromatic heterocycles. The number of benzene rings is 1. The summed E-state index contributed by atoms with van der Waals surface area (Å²) < 4.78 is 40.2. The van der Waals surface area contributed by atoms with E-state index in [1.54, 1.807) is 24.3 Å². The highest BCUT2D eigenvalue weighted by atomic mass is 32.2. The van der Waals surface area contributed by atoms with Gasteiger partial charge in [-0.2, -0.15) is 0 Å². The van der Waals surface area contributed by atoms with Crippen LogP contribution < -0.4 is 9.47 Å². The number of carbonyl (C=O) groups excluding carboxylic acids is 1. The molecule has 3 rings (SSSR count). The van der Waals surface area contributed by atoms with Crippen LogP contribution in [-0.2, 0) is 21.2 Å². The van der Waals surface area contributed by atoms with Crippen LogP contribution in [0.4, 0.5) is 0 Å². The van der Waals surface area contributed by atoms with Gasteiger partial charge >= 0.3 is 0 Å². The van der Waals surface area contributed by atoms with Crippen molar-refractivity contribution in [3.05, 3.63) is 47.9 Å². The van der Waals surface area contributed by atoms with Crippen molar-refractivity contribution in [3.63, 3.8) is 0 Å². The van der Waals surface area contributed by atoms with Crippen molar-refractivity contribution in [1.82, 2.24) is 4.90 Å². The minimum Gasteiger partial charge on any atom is -0.493 e. The lowest BCUT2D eigenvalue weighted by molar-refractivity contribution is -0.136. The van der Waals surface area contributed by atoms with E-state index in [2.05, 4.69) is 0 Å². The molecule has 0 radical (unpaired) electrons. The average Bonchev–Trinajstić information content (AvgIpc) is 3.22. The van der Waals surface area contributed by atoms with Crippen LogP contribution in [0.3, 0.4) is 0 Å². The first-order valence-corrected chi connectivity index (χ1v) is 10.5. The van der Waals surface area contributed by atoms with Gasteiger partial charge in [0.05, 0.1) is 25.2 Å². The summed E-state index contributed by atoms with van der Waals surface area (Å²) in [4.78, 5) is 14.4. The molecule has 0 aliphatic carbocycles. The first-order chi connectivity index (χ1) is 12.9. The minimum absolute atomic E-state index is 0.0346. The Morgan fingerprint density at radius 1 is 1.22 bits per heavy atom. The Balaban J connectivity index is 1.74. The van der Waals surface area contributed by atoms with Crippen molar-refractivity contribution in [2.45, 2.75) is 25.9 Å². The lowest BCUT2D eigenvalue weighted by atomic mass is 10.2. The highest BCUT2D eigenvalue weighted by molar-refractivity contribution is 7.91. The zero-order valence-electron chi connectivity index (χ0n) is 15.4. The number of furan rings is 1. The summed E-state index contributed by atoms with van der Waals surface area (Å²) in [5.74, 6) is 2.10. The van der Waals surface area contributed by atoms with Gasteiger partial charge in [0.15, 0.2) is 27.9 Å². The van der Waals surface area contributed by atoms with Crippen molar-refractivity contribution in [2.24, 2.45) is 0 Å². The van der Waals surface area contributed by atoms with Gasteiger partial charge in [-0.05, 0) is 37.6 Å². The molecule has 1 aromatic carbocycles. The van der Waals surface area contributed by atoms with Crippen LogP contribution >= 0.6 is 0 Å². The number of rotatable bonds is 7. The van der Waals surface area contributed by atoms with Gasteiger partial charge < -0.3 is 18.8 Å². The van der Waals surface area contributed by atoms with Crippen molar-refractivity contribution >= 4 is 15.7 Å². The van der Waals surface area contributed by atoms with E-state index in [-0.39, 0.29) is 36.6 Å². The molecule has 8 heteroatoms. The molecule has 7 nitrogen and oxygen atoms in total. The molecule has 0 bridgehead atoms. The molecule has 1 fully saturated rings. The second-order valence-electron chi connectivity index (χ2n) is 6.53.